The second-order valence-electron chi connectivity index (χ2n) is 2.11. The van der Waals surface area contributed by atoms with E-state index in [0.717, 1.165) is 4.90 Å². The van der Waals surface area contributed by atoms with E-state index in [-0.39, 0.29) is 5.78 Å². The summed E-state index contributed by atoms with van der Waals surface area (Å²) in [7, 11) is 0. The number of hydrogen-bond donors (Lipinski definition) is 1. The molecule has 0 aromatic heterocycles. The molecule has 0 aliphatic heterocycles. The molecular formula is C10H14OS. The third-order valence-corrected chi connectivity index (χ3v) is 1.53. The Kier molecular flexibility index (Phi) is 5.47. The van der Waals surface area contributed by atoms with Crippen LogP contribution in [0.15, 0.2) is 29.2 Å². The van der Waals surface area contributed by atoms with Gasteiger partial charge >= 0.3 is 0 Å². The Balaban J connectivity index is 0.000000561. The Morgan fingerprint density at radius 1 is 1.33 bits per heavy atom. The number of carbonyl (C=O) groups is 1. The first kappa shape index (κ1) is 11.2. The standard InChI is InChI=1S/C8H8OS.C2H6/c1-6(9)7-3-2-4-8(10)5-7;1-2/h2-5,10H,1H3;1-2H3. The van der Waals surface area contributed by atoms with Gasteiger partial charge in [0.2, 0.25) is 0 Å². The van der Waals surface area contributed by atoms with Gasteiger partial charge in [0.1, 0.15) is 0 Å². The van der Waals surface area contributed by atoms with Gasteiger partial charge in [-0.2, -0.15) is 0 Å². The number of rotatable bonds is 1. The summed E-state index contributed by atoms with van der Waals surface area (Å²) in [6.07, 6.45) is 0. The molecule has 1 rings (SSSR count). The summed E-state index contributed by atoms with van der Waals surface area (Å²) in [6, 6.07) is 7.20. The minimum atomic E-state index is 0.0795. The highest BCUT2D eigenvalue weighted by atomic mass is 32.1. The van der Waals surface area contributed by atoms with Crippen molar-refractivity contribution in [3.05, 3.63) is 29.8 Å². The van der Waals surface area contributed by atoms with Crippen molar-refractivity contribution in [1.82, 2.24) is 0 Å². The molecule has 0 saturated heterocycles. The average molecular weight is 182 g/mol. The molecule has 1 nitrogen and oxygen atoms in total. The fourth-order valence-corrected chi connectivity index (χ4v) is 0.950. The fourth-order valence-electron chi connectivity index (χ4n) is 0.725. The zero-order valence-electron chi connectivity index (χ0n) is 7.66. The molecule has 0 N–H and O–H groups in total. The summed E-state index contributed by atoms with van der Waals surface area (Å²) in [4.78, 5) is 11.6. The number of benzene rings is 1. The summed E-state index contributed by atoms with van der Waals surface area (Å²) in [6.45, 7) is 5.54. The van der Waals surface area contributed by atoms with Gasteiger partial charge < -0.3 is 0 Å². The highest BCUT2D eigenvalue weighted by Crippen LogP contribution is 2.08. The van der Waals surface area contributed by atoms with Crippen LogP contribution in [0, 0.1) is 0 Å². The molecule has 0 amide bonds. The Morgan fingerprint density at radius 2 is 1.92 bits per heavy atom. The minimum Gasteiger partial charge on any atom is -0.295 e. The zero-order valence-corrected chi connectivity index (χ0v) is 8.56. The van der Waals surface area contributed by atoms with Crippen LogP contribution in [-0.2, 0) is 0 Å². The number of thiol groups is 1. The van der Waals surface area contributed by atoms with Gasteiger partial charge in [0.05, 0.1) is 0 Å². The molecule has 0 radical (unpaired) electrons. The highest BCUT2D eigenvalue weighted by Gasteiger charge is 1.96. The van der Waals surface area contributed by atoms with Crippen LogP contribution in [-0.4, -0.2) is 5.78 Å². The van der Waals surface area contributed by atoms with E-state index in [9.17, 15) is 4.79 Å². The van der Waals surface area contributed by atoms with Crippen molar-refractivity contribution < 1.29 is 4.79 Å². The first-order chi connectivity index (χ1) is 5.70. The second kappa shape index (κ2) is 5.84. The van der Waals surface area contributed by atoms with E-state index in [4.69, 9.17) is 0 Å². The molecule has 2 heteroatoms. The van der Waals surface area contributed by atoms with E-state index < -0.39 is 0 Å². The van der Waals surface area contributed by atoms with Crippen molar-refractivity contribution in [1.29, 1.82) is 0 Å². The minimum absolute atomic E-state index is 0.0795. The van der Waals surface area contributed by atoms with E-state index >= 15 is 0 Å². The van der Waals surface area contributed by atoms with Crippen LogP contribution in [0.4, 0.5) is 0 Å². The van der Waals surface area contributed by atoms with E-state index in [1.54, 1.807) is 19.1 Å². The van der Waals surface area contributed by atoms with Gasteiger partial charge in [-0.05, 0) is 19.1 Å². The van der Waals surface area contributed by atoms with E-state index in [1.807, 2.05) is 26.0 Å². The molecule has 1 aromatic carbocycles. The van der Waals surface area contributed by atoms with Crippen molar-refractivity contribution in [3.8, 4) is 0 Å². The lowest BCUT2D eigenvalue weighted by Crippen LogP contribution is -1.89. The van der Waals surface area contributed by atoms with Gasteiger partial charge in [-0.15, -0.1) is 12.6 Å². The fraction of sp³-hybridized carbons (Fsp3) is 0.300. The molecule has 0 unspecified atom stereocenters. The molecule has 66 valence electrons. The molecule has 0 spiro atoms. The first-order valence-electron chi connectivity index (χ1n) is 4.00. The van der Waals surface area contributed by atoms with E-state index in [2.05, 4.69) is 12.6 Å². The second-order valence-corrected chi connectivity index (χ2v) is 2.62. The molecule has 12 heavy (non-hydrogen) atoms. The molecule has 0 fully saturated rings. The molecule has 0 aliphatic carbocycles. The van der Waals surface area contributed by atoms with Gasteiger partial charge in [-0.1, -0.05) is 26.0 Å². The Morgan fingerprint density at radius 3 is 2.25 bits per heavy atom. The average Bonchev–Trinajstić information content (AvgIpc) is 2.08. The highest BCUT2D eigenvalue weighted by molar-refractivity contribution is 7.80. The molecule has 0 heterocycles. The Labute approximate surface area is 79.2 Å². The van der Waals surface area contributed by atoms with Crippen LogP contribution in [0.5, 0.6) is 0 Å². The number of carbonyl (C=O) groups excluding carboxylic acids is 1. The summed E-state index contributed by atoms with van der Waals surface area (Å²) in [5, 5.41) is 0. The maximum absolute atomic E-state index is 10.8. The predicted octanol–water partition coefficient (Wildman–Crippen LogP) is 3.20. The normalized spacial score (nSPS) is 8.33. The third kappa shape index (κ3) is 3.58. The zero-order chi connectivity index (χ0) is 9.56. The molecular weight excluding hydrogens is 168 g/mol. The number of Topliss-reactive ketones (excluding diaryl/α,β-unsaturated/α-hetero) is 1. The summed E-state index contributed by atoms with van der Waals surface area (Å²) < 4.78 is 0. The lowest BCUT2D eigenvalue weighted by molar-refractivity contribution is 0.101. The first-order valence-corrected chi connectivity index (χ1v) is 4.45. The summed E-state index contributed by atoms with van der Waals surface area (Å²) in [5.41, 5.74) is 0.715. The van der Waals surface area contributed by atoms with Gasteiger partial charge in [0.15, 0.2) is 5.78 Å². The van der Waals surface area contributed by atoms with E-state index in [1.165, 1.54) is 0 Å². The smallest absolute Gasteiger partial charge is 0.159 e. The van der Waals surface area contributed by atoms with Crippen LogP contribution in [0.25, 0.3) is 0 Å². The van der Waals surface area contributed by atoms with Gasteiger partial charge in [0.25, 0.3) is 0 Å². The maximum Gasteiger partial charge on any atom is 0.159 e. The SMILES string of the molecule is CC.CC(=O)c1cccc(S)c1. The molecule has 0 aliphatic rings. The van der Waals surface area contributed by atoms with Crippen molar-refractivity contribution >= 4 is 18.4 Å². The molecule has 0 bridgehead atoms. The quantitative estimate of drug-likeness (QED) is 0.521. The van der Waals surface area contributed by atoms with Crippen LogP contribution in [0.3, 0.4) is 0 Å². The van der Waals surface area contributed by atoms with Crippen molar-refractivity contribution in [2.45, 2.75) is 25.7 Å². The summed E-state index contributed by atoms with van der Waals surface area (Å²) in [5.74, 6) is 0.0795. The maximum atomic E-state index is 10.8. The predicted molar refractivity (Wildman–Crippen MR) is 55.0 cm³/mol. The van der Waals surface area contributed by atoms with E-state index in [0.29, 0.717) is 5.56 Å². The summed E-state index contributed by atoms with van der Waals surface area (Å²) >= 11 is 4.10. The lowest BCUT2D eigenvalue weighted by Gasteiger charge is -1.94. The van der Waals surface area contributed by atoms with Crippen molar-refractivity contribution in [2.24, 2.45) is 0 Å². The van der Waals surface area contributed by atoms with Crippen molar-refractivity contribution in [3.63, 3.8) is 0 Å². The third-order valence-electron chi connectivity index (χ3n) is 1.25. The van der Waals surface area contributed by atoms with Crippen LogP contribution < -0.4 is 0 Å². The van der Waals surface area contributed by atoms with Gasteiger partial charge in [0, 0.05) is 10.5 Å². The number of ketones is 1. The number of hydrogen-bond acceptors (Lipinski definition) is 2. The topological polar surface area (TPSA) is 17.1 Å². The lowest BCUT2D eigenvalue weighted by atomic mass is 10.2. The molecule has 0 saturated carbocycles. The van der Waals surface area contributed by atoms with Crippen molar-refractivity contribution in [2.75, 3.05) is 0 Å². The molecule has 1 aromatic rings. The van der Waals surface area contributed by atoms with Gasteiger partial charge in [-0.25, -0.2) is 0 Å². The monoisotopic (exact) mass is 182 g/mol. The Hall–Kier alpha value is -0.760. The van der Waals surface area contributed by atoms with Crippen LogP contribution in [0.2, 0.25) is 0 Å². The largest absolute Gasteiger partial charge is 0.295 e. The van der Waals surface area contributed by atoms with Crippen LogP contribution in [0.1, 0.15) is 31.1 Å². The van der Waals surface area contributed by atoms with Crippen LogP contribution >= 0.6 is 12.6 Å². The molecule has 0 atom stereocenters. The van der Waals surface area contributed by atoms with Gasteiger partial charge in [-0.3, -0.25) is 4.79 Å². The Bertz CT molecular complexity index is 256.